The molecule has 0 radical (unpaired) electrons. The van der Waals surface area contributed by atoms with Gasteiger partial charge in [0.15, 0.2) is 11.6 Å². The Morgan fingerprint density at radius 2 is 2.21 bits per heavy atom. The van der Waals surface area contributed by atoms with Crippen LogP contribution in [0.25, 0.3) is 11.6 Å². The molecule has 2 rings (SSSR count). The third-order valence-corrected chi connectivity index (χ3v) is 3.49. The highest BCUT2D eigenvalue weighted by Gasteiger charge is 2.10. The van der Waals surface area contributed by atoms with Crippen LogP contribution in [0.5, 0.6) is 0 Å². The fourth-order valence-electron chi connectivity index (χ4n) is 0.943. The van der Waals surface area contributed by atoms with E-state index in [1.165, 1.54) is 6.33 Å². The van der Waals surface area contributed by atoms with Crippen LogP contribution in [0.2, 0.25) is 5.15 Å². The van der Waals surface area contributed by atoms with Crippen molar-refractivity contribution in [3.05, 3.63) is 20.7 Å². The number of H-pyrrole nitrogens is 1. The third-order valence-electron chi connectivity index (χ3n) is 1.60. The van der Waals surface area contributed by atoms with Crippen molar-refractivity contribution in [3.8, 4) is 11.6 Å². The smallest absolute Gasteiger partial charge is 0.198 e. The fraction of sp³-hybridized carbons (Fsp3) is 0.143. The summed E-state index contributed by atoms with van der Waals surface area (Å²) in [5.41, 5.74) is 0.831. The molecule has 1 N–H and O–H groups in total. The van der Waals surface area contributed by atoms with Crippen LogP contribution in [0.1, 0.15) is 5.69 Å². The molecule has 0 aliphatic carbocycles. The molecule has 7 heteroatoms. The highest BCUT2D eigenvalue weighted by atomic mass is 127. The standard InChI is InChI=1S/C7H5ClIN5/c1-3-4(9)5(8)13-7(12-3)6-10-2-11-14-6/h2H,1H3,(H,10,11,14). The minimum absolute atomic E-state index is 0.435. The largest absolute Gasteiger partial charge is 0.257 e. The molecule has 2 aromatic heterocycles. The monoisotopic (exact) mass is 321 g/mol. The van der Waals surface area contributed by atoms with E-state index in [0.29, 0.717) is 16.8 Å². The van der Waals surface area contributed by atoms with E-state index in [9.17, 15) is 0 Å². The van der Waals surface area contributed by atoms with E-state index in [0.717, 1.165) is 9.26 Å². The fourth-order valence-corrected chi connectivity index (χ4v) is 1.40. The van der Waals surface area contributed by atoms with E-state index >= 15 is 0 Å². The van der Waals surface area contributed by atoms with Gasteiger partial charge in [-0.1, -0.05) is 11.6 Å². The first kappa shape index (κ1) is 9.78. The molecule has 0 unspecified atom stereocenters. The average Bonchev–Trinajstić information content (AvgIpc) is 2.66. The van der Waals surface area contributed by atoms with Gasteiger partial charge in [-0.05, 0) is 29.5 Å². The number of rotatable bonds is 1. The molecule has 0 atom stereocenters. The molecule has 72 valence electrons. The molecule has 2 aromatic rings. The first-order valence-electron chi connectivity index (χ1n) is 3.74. The lowest BCUT2D eigenvalue weighted by molar-refractivity contribution is 1.03. The number of hydrogen-bond donors (Lipinski definition) is 1. The Morgan fingerprint density at radius 3 is 2.79 bits per heavy atom. The Labute approximate surface area is 98.5 Å². The zero-order chi connectivity index (χ0) is 10.1. The molecule has 0 aliphatic heterocycles. The van der Waals surface area contributed by atoms with Gasteiger partial charge >= 0.3 is 0 Å². The number of nitrogens with zero attached hydrogens (tertiary/aromatic N) is 4. The van der Waals surface area contributed by atoms with Crippen LogP contribution in [0.15, 0.2) is 6.33 Å². The maximum atomic E-state index is 5.92. The summed E-state index contributed by atoms with van der Waals surface area (Å²) < 4.78 is 0.854. The van der Waals surface area contributed by atoms with Crippen molar-refractivity contribution in [1.29, 1.82) is 0 Å². The Bertz CT molecular complexity index is 432. The summed E-state index contributed by atoms with van der Waals surface area (Å²) in [5, 5.41) is 6.83. The summed E-state index contributed by atoms with van der Waals surface area (Å²) in [5.74, 6) is 0.983. The van der Waals surface area contributed by atoms with Gasteiger partial charge in [0.2, 0.25) is 0 Å². The van der Waals surface area contributed by atoms with Gasteiger partial charge in [0.05, 0.1) is 9.26 Å². The molecule has 0 spiro atoms. The predicted molar refractivity (Wildman–Crippen MR) is 59.9 cm³/mol. The van der Waals surface area contributed by atoms with Gasteiger partial charge in [-0.2, -0.15) is 5.10 Å². The predicted octanol–water partition coefficient (Wildman–Crippen LogP) is 1.83. The van der Waals surface area contributed by atoms with E-state index in [1.54, 1.807) is 0 Å². The molecular formula is C7H5ClIN5. The van der Waals surface area contributed by atoms with Crippen LogP contribution >= 0.6 is 34.2 Å². The Balaban J connectivity index is 2.57. The summed E-state index contributed by atoms with van der Waals surface area (Å²) in [6.07, 6.45) is 1.40. The van der Waals surface area contributed by atoms with Gasteiger partial charge < -0.3 is 0 Å². The van der Waals surface area contributed by atoms with Crippen molar-refractivity contribution in [2.75, 3.05) is 0 Å². The van der Waals surface area contributed by atoms with Crippen molar-refractivity contribution in [2.24, 2.45) is 0 Å². The molecule has 14 heavy (non-hydrogen) atoms. The Kier molecular flexibility index (Phi) is 2.64. The van der Waals surface area contributed by atoms with Crippen LogP contribution < -0.4 is 0 Å². The number of nitrogens with one attached hydrogen (secondary N) is 1. The van der Waals surface area contributed by atoms with Gasteiger partial charge in [-0.25, -0.2) is 15.0 Å². The molecule has 2 heterocycles. The SMILES string of the molecule is Cc1nc(-c2ncn[nH]2)nc(Cl)c1I. The molecule has 0 aromatic carbocycles. The lowest BCUT2D eigenvalue weighted by Gasteiger charge is -2.01. The second kappa shape index (κ2) is 3.77. The summed E-state index contributed by atoms with van der Waals surface area (Å²) in [4.78, 5) is 12.3. The first-order chi connectivity index (χ1) is 6.68. The molecule has 0 saturated heterocycles. The quantitative estimate of drug-likeness (QED) is 0.643. The average molecular weight is 322 g/mol. The summed E-state index contributed by atoms with van der Waals surface area (Å²) in [7, 11) is 0. The van der Waals surface area contributed by atoms with Gasteiger partial charge in [0.1, 0.15) is 11.5 Å². The minimum Gasteiger partial charge on any atom is -0.257 e. The van der Waals surface area contributed by atoms with Gasteiger partial charge in [0.25, 0.3) is 0 Å². The van der Waals surface area contributed by atoms with Crippen molar-refractivity contribution in [1.82, 2.24) is 25.1 Å². The molecule has 0 fully saturated rings. The minimum atomic E-state index is 0.435. The van der Waals surface area contributed by atoms with Gasteiger partial charge in [-0.15, -0.1) is 0 Å². The molecule has 0 saturated carbocycles. The van der Waals surface area contributed by atoms with Crippen LogP contribution in [-0.2, 0) is 0 Å². The first-order valence-corrected chi connectivity index (χ1v) is 5.19. The number of aromatic nitrogens is 5. The van der Waals surface area contributed by atoms with Crippen molar-refractivity contribution in [3.63, 3.8) is 0 Å². The maximum absolute atomic E-state index is 5.92. The zero-order valence-corrected chi connectivity index (χ0v) is 10.0. The second-order valence-electron chi connectivity index (χ2n) is 2.57. The zero-order valence-electron chi connectivity index (χ0n) is 7.12. The van der Waals surface area contributed by atoms with Gasteiger partial charge in [0, 0.05) is 0 Å². The van der Waals surface area contributed by atoms with E-state index in [4.69, 9.17) is 11.6 Å². The summed E-state index contributed by atoms with van der Waals surface area (Å²) in [6, 6.07) is 0. The van der Waals surface area contributed by atoms with E-state index < -0.39 is 0 Å². The van der Waals surface area contributed by atoms with Crippen molar-refractivity contribution >= 4 is 34.2 Å². The summed E-state index contributed by atoms with van der Waals surface area (Å²) >= 11 is 8.02. The van der Waals surface area contributed by atoms with Crippen LogP contribution in [-0.4, -0.2) is 25.1 Å². The topological polar surface area (TPSA) is 67.3 Å². The number of halogens is 2. The van der Waals surface area contributed by atoms with E-state index in [2.05, 4.69) is 47.7 Å². The molecular weight excluding hydrogens is 316 g/mol. The van der Waals surface area contributed by atoms with E-state index in [-0.39, 0.29) is 0 Å². The normalized spacial score (nSPS) is 10.5. The number of aryl methyl sites for hydroxylation is 1. The van der Waals surface area contributed by atoms with Crippen molar-refractivity contribution < 1.29 is 0 Å². The molecule has 5 nitrogen and oxygen atoms in total. The van der Waals surface area contributed by atoms with Crippen LogP contribution in [0, 0.1) is 10.5 Å². The highest BCUT2D eigenvalue weighted by molar-refractivity contribution is 14.1. The maximum Gasteiger partial charge on any atom is 0.198 e. The van der Waals surface area contributed by atoms with Crippen LogP contribution in [0.4, 0.5) is 0 Å². The second-order valence-corrected chi connectivity index (χ2v) is 4.01. The lowest BCUT2D eigenvalue weighted by Crippen LogP contribution is -1.97. The molecule has 0 aliphatic rings. The van der Waals surface area contributed by atoms with Gasteiger partial charge in [-0.3, -0.25) is 5.10 Å². The third kappa shape index (κ3) is 1.71. The Morgan fingerprint density at radius 1 is 1.43 bits per heavy atom. The van der Waals surface area contributed by atoms with Crippen LogP contribution in [0.3, 0.4) is 0 Å². The van der Waals surface area contributed by atoms with E-state index in [1.807, 2.05) is 6.92 Å². The lowest BCUT2D eigenvalue weighted by atomic mass is 10.4. The highest BCUT2D eigenvalue weighted by Crippen LogP contribution is 2.21. The Hall–Kier alpha value is -0.760. The summed E-state index contributed by atoms with van der Waals surface area (Å²) in [6.45, 7) is 1.87. The molecule has 0 amide bonds. The number of aromatic amines is 1. The number of hydrogen-bond acceptors (Lipinski definition) is 4. The molecule has 0 bridgehead atoms. The van der Waals surface area contributed by atoms with Crippen molar-refractivity contribution in [2.45, 2.75) is 6.92 Å².